The van der Waals surface area contributed by atoms with Crippen LogP contribution in [0.5, 0.6) is 5.75 Å². The van der Waals surface area contributed by atoms with Crippen LogP contribution in [0.25, 0.3) is 15.9 Å². The molecule has 5 rings (SSSR count). The van der Waals surface area contributed by atoms with Crippen LogP contribution in [0, 0.1) is 0 Å². The average Bonchev–Trinajstić information content (AvgIpc) is 3.21. The van der Waals surface area contributed by atoms with E-state index in [-0.39, 0.29) is 11.5 Å². The van der Waals surface area contributed by atoms with Crippen LogP contribution >= 0.6 is 11.3 Å². The molecule has 7 nitrogen and oxygen atoms in total. The van der Waals surface area contributed by atoms with E-state index >= 15 is 0 Å². The molecular formula is C25H23N3O4S. The Morgan fingerprint density at radius 1 is 1.06 bits per heavy atom. The number of benzene rings is 2. The second-order valence-corrected chi connectivity index (χ2v) is 9.12. The zero-order valence-electron chi connectivity index (χ0n) is 18.4. The van der Waals surface area contributed by atoms with Crippen LogP contribution < -0.4 is 16.0 Å². The highest BCUT2D eigenvalue weighted by atomic mass is 32.1. The summed E-state index contributed by atoms with van der Waals surface area (Å²) in [7, 11) is 1.52. The van der Waals surface area contributed by atoms with Gasteiger partial charge >= 0.3 is 5.69 Å². The molecule has 0 aliphatic carbocycles. The van der Waals surface area contributed by atoms with Gasteiger partial charge < -0.3 is 9.64 Å². The minimum atomic E-state index is -0.414. The summed E-state index contributed by atoms with van der Waals surface area (Å²) in [6.07, 6.45) is 0.583. The van der Waals surface area contributed by atoms with Crippen molar-refractivity contribution in [3.8, 4) is 11.4 Å². The van der Waals surface area contributed by atoms with Crippen molar-refractivity contribution in [2.45, 2.75) is 26.4 Å². The zero-order chi connectivity index (χ0) is 23.1. The van der Waals surface area contributed by atoms with Crippen molar-refractivity contribution >= 4 is 27.5 Å². The first-order chi connectivity index (χ1) is 16.0. The molecule has 0 fully saturated rings. The number of aromatic nitrogens is 2. The second-order valence-electron chi connectivity index (χ2n) is 8.04. The van der Waals surface area contributed by atoms with Crippen molar-refractivity contribution in [1.82, 2.24) is 14.0 Å². The normalized spacial score (nSPS) is 13.2. The molecule has 0 bridgehead atoms. The van der Waals surface area contributed by atoms with Gasteiger partial charge in [-0.05, 0) is 29.7 Å². The highest BCUT2D eigenvalue weighted by Crippen LogP contribution is 2.34. The third-order valence-corrected chi connectivity index (χ3v) is 7.32. The molecule has 1 aliphatic heterocycles. The van der Waals surface area contributed by atoms with E-state index in [9.17, 15) is 14.4 Å². The van der Waals surface area contributed by atoms with Crippen molar-refractivity contribution in [2.75, 3.05) is 13.7 Å². The molecule has 168 valence electrons. The summed E-state index contributed by atoms with van der Waals surface area (Å²) < 4.78 is 8.35. The van der Waals surface area contributed by atoms with Crippen LogP contribution in [-0.4, -0.2) is 33.6 Å². The molecule has 8 heteroatoms. The lowest BCUT2D eigenvalue weighted by Crippen LogP contribution is -2.39. The van der Waals surface area contributed by atoms with Crippen LogP contribution in [0.2, 0.25) is 0 Å². The zero-order valence-corrected chi connectivity index (χ0v) is 19.2. The van der Waals surface area contributed by atoms with E-state index in [1.165, 1.54) is 23.0 Å². The lowest BCUT2D eigenvalue weighted by atomic mass is 10.1. The van der Waals surface area contributed by atoms with Gasteiger partial charge in [0.25, 0.3) is 5.56 Å². The summed E-state index contributed by atoms with van der Waals surface area (Å²) in [5.41, 5.74) is 1.55. The SMILES string of the molecule is COc1ccccc1-n1c(=O)c2c3c(sc2n(Cc2ccccc2)c1=O)CN(C(C)=O)CC3. The molecule has 0 saturated heterocycles. The van der Waals surface area contributed by atoms with Crippen molar-refractivity contribution < 1.29 is 9.53 Å². The highest BCUT2D eigenvalue weighted by Gasteiger charge is 2.28. The Balaban J connectivity index is 1.83. The van der Waals surface area contributed by atoms with Crippen LogP contribution in [0.15, 0.2) is 64.2 Å². The number of carbonyl (C=O) groups excluding carboxylic acids is 1. The standard InChI is InChI=1S/C25H23N3O4S/c1-16(29)26-13-12-18-21(15-26)33-24-22(18)23(30)28(19-10-6-7-11-20(19)32-2)25(31)27(24)14-17-8-4-3-5-9-17/h3-11H,12-15H2,1-2H3. The first-order valence-electron chi connectivity index (χ1n) is 10.7. The van der Waals surface area contributed by atoms with Gasteiger partial charge in [0.2, 0.25) is 5.91 Å². The molecular weight excluding hydrogens is 438 g/mol. The Bertz CT molecular complexity index is 1480. The first-order valence-corrected chi connectivity index (χ1v) is 11.5. The molecule has 2 aromatic heterocycles. The number of rotatable bonds is 4. The number of hydrogen-bond donors (Lipinski definition) is 0. The largest absolute Gasteiger partial charge is 0.495 e. The van der Waals surface area contributed by atoms with Gasteiger partial charge in [-0.2, -0.15) is 0 Å². The van der Waals surface area contributed by atoms with Crippen molar-refractivity contribution in [3.63, 3.8) is 0 Å². The molecule has 0 radical (unpaired) electrons. The van der Waals surface area contributed by atoms with Gasteiger partial charge in [0.15, 0.2) is 0 Å². The summed E-state index contributed by atoms with van der Waals surface area (Å²) in [5, 5.41) is 0.555. The summed E-state index contributed by atoms with van der Waals surface area (Å²) in [6, 6.07) is 16.7. The molecule has 1 amide bonds. The number of amides is 1. The average molecular weight is 462 g/mol. The van der Waals surface area contributed by atoms with Gasteiger partial charge in [0.1, 0.15) is 10.6 Å². The van der Waals surface area contributed by atoms with E-state index in [1.807, 2.05) is 30.3 Å². The van der Waals surface area contributed by atoms with E-state index in [4.69, 9.17) is 4.74 Å². The highest BCUT2D eigenvalue weighted by molar-refractivity contribution is 7.18. The number of fused-ring (bicyclic) bond motifs is 3. The minimum absolute atomic E-state index is 0.00575. The van der Waals surface area contributed by atoms with E-state index in [2.05, 4.69) is 0 Å². The fourth-order valence-corrected chi connectivity index (χ4v) is 5.75. The number of ether oxygens (including phenoxy) is 1. The Kier molecular flexibility index (Phi) is 5.38. The summed E-state index contributed by atoms with van der Waals surface area (Å²) >= 11 is 1.43. The molecule has 0 atom stereocenters. The van der Waals surface area contributed by atoms with Gasteiger partial charge in [0.05, 0.1) is 31.3 Å². The van der Waals surface area contributed by atoms with Crippen molar-refractivity contribution in [2.24, 2.45) is 0 Å². The molecule has 0 spiro atoms. The summed E-state index contributed by atoms with van der Waals surface area (Å²) in [6.45, 7) is 2.90. The maximum absolute atomic E-state index is 13.8. The number of para-hydroxylation sites is 2. The molecule has 33 heavy (non-hydrogen) atoms. The lowest BCUT2D eigenvalue weighted by Gasteiger charge is -2.25. The maximum atomic E-state index is 13.8. The monoisotopic (exact) mass is 461 g/mol. The van der Waals surface area contributed by atoms with E-state index in [0.29, 0.717) is 47.7 Å². The van der Waals surface area contributed by atoms with Crippen LogP contribution in [0.3, 0.4) is 0 Å². The lowest BCUT2D eigenvalue weighted by molar-refractivity contribution is -0.129. The number of carbonyl (C=O) groups is 1. The fraction of sp³-hybridized carbons (Fsp3) is 0.240. The molecule has 4 aromatic rings. The number of thiophene rings is 1. The summed E-state index contributed by atoms with van der Waals surface area (Å²) in [4.78, 5) is 42.9. The van der Waals surface area contributed by atoms with E-state index in [1.54, 1.807) is 40.7 Å². The van der Waals surface area contributed by atoms with Gasteiger partial charge in [-0.15, -0.1) is 11.3 Å². The van der Waals surface area contributed by atoms with E-state index < -0.39 is 5.69 Å². The molecule has 2 aromatic carbocycles. The van der Waals surface area contributed by atoms with Gasteiger partial charge in [-0.3, -0.25) is 14.2 Å². The van der Waals surface area contributed by atoms with Gasteiger partial charge in [0, 0.05) is 18.3 Å². The number of methoxy groups -OCH3 is 1. The fourth-order valence-electron chi connectivity index (χ4n) is 4.41. The van der Waals surface area contributed by atoms with Crippen LogP contribution in [0.1, 0.15) is 22.9 Å². The topological polar surface area (TPSA) is 73.5 Å². The van der Waals surface area contributed by atoms with Crippen LogP contribution in [0.4, 0.5) is 0 Å². The Hall–Kier alpha value is -3.65. The first kappa shape index (κ1) is 21.2. The molecule has 3 heterocycles. The Morgan fingerprint density at radius 3 is 2.52 bits per heavy atom. The third kappa shape index (κ3) is 3.56. The molecule has 0 saturated carbocycles. The quantitative estimate of drug-likeness (QED) is 0.468. The molecule has 1 aliphatic rings. The predicted molar refractivity (Wildman–Crippen MR) is 129 cm³/mol. The minimum Gasteiger partial charge on any atom is -0.495 e. The van der Waals surface area contributed by atoms with Gasteiger partial charge in [-0.25, -0.2) is 9.36 Å². The molecule has 0 N–H and O–H groups in total. The third-order valence-electron chi connectivity index (χ3n) is 6.08. The number of hydrogen-bond acceptors (Lipinski definition) is 5. The van der Waals surface area contributed by atoms with E-state index in [0.717, 1.165) is 16.0 Å². The number of nitrogens with zero attached hydrogens (tertiary/aromatic N) is 3. The molecule has 0 unspecified atom stereocenters. The maximum Gasteiger partial charge on any atom is 0.337 e. The smallest absolute Gasteiger partial charge is 0.337 e. The predicted octanol–water partition coefficient (Wildman–Crippen LogP) is 3.18. The Labute approximate surface area is 194 Å². The van der Waals surface area contributed by atoms with Crippen molar-refractivity contribution in [1.29, 1.82) is 0 Å². The van der Waals surface area contributed by atoms with Crippen molar-refractivity contribution in [3.05, 3.63) is 91.4 Å². The van der Waals surface area contributed by atoms with Gasteiger partial charge in [-0.1, -0.05) is 42.5 Å². The van der Waals surface area contributed by atoms with Crippen LogP contribution in [-0.2, 0) is 24.3 Å². The Morgan fingerprint density at radius 2 is 1.79 bits per heavy atom. The second kappa shape index (κ2) is 8.37. The summed E-state index contributed by atoms with van der Waals surface area (Å²) in [5.74, 6) is 0.459.